The summed E-state index contributed by atoms with van der Waals surface area (Å²) in [6, 6.07) is 15.7. The lowest BCUT2D eigenvalue weighted by Crippen LogP contribution is -2.32. The van der Waals surface area contributed by atoms with Gasteiger partial charge in [-0.15, -0.1) is 0 Å². The molecular weight excluding hydrogens is 447 g/mol. The van der Waals surface area contributed by atoms with E-state index >= 15 is 0 Å². The normalized spacial score (nSPS) is 13.5. The van der Waals surface area contributed by atoms with Crippen molar-refractivity contribution in [2.75, 3.05) is 19.5 Å². The molecule has 1 heterocycles. The molecule has 0 aliphatic carbocycles. The van der Waals surface area contributed by atoms with Crippen LogP contribution in [0.15, 0.2) is 60.7 Å². The predicted octanol–water partition coefficient (Wildman–Crippen LogP) is 5.22. The number of ether oxygens (including phenoxy) is 2. The van der Waals surface area contributed by atoms with Crippen LogP contribution in [0.5, 0.6) is 11.5 Å². The summed E-state index contributed by atoms with van der Waals surface area (Å²) in [7, 11) is 2.96. The summed E-state index contributed by atoms with van der Waals surface area (Å²) in [5.41, 5.74) is 2.53. The molecule has 1 N–H and O–H groups in total. The van der Waals surface area contributed by atoms with Gasteiger partial charge in [0.25, 0.3) is 5.91 Å². The van der Waals surface area contributed by atoms with E-state index < -0.39 is 11.9 Å². The van der Waals surface area contributed by atoms with Crippen molar-refractivity contribution in [2.45, 2.75) is 19.0 Å². The van der Waals surface area contributed by atoms with E-state index in [0.717, 1.165) is 5.56 Å². The van der Waals surface area contributed by atoms with Gasteiger partial charge in [0, 0.05) is 18.2 Å². The van der Waals surface area contributed by atoms with Crippen molar-refractivity contribution in [3.05, 3.63) is 88.2 Å². The fourth-order valence-electron chi connectivity index (χ4n) is 3.96. The van der Waals surface area contributed by atoms with Gasteiger partial charge in [-0.05, 0) is 35.4 Å². The fourth-order valence-corrected chi connectivity index (χ4v) is 4.20. The summed E-state index contributed by atoms with van der Waals surface area (Å²) >= 11 is 6.21. The number of carbonyl (C=O) groups excluding carboxylic acids is 2. The molecule has 0 bridgehead atoms. The highest BCUT2D eigenvalue weighted by Gasteiger charge is 2.34. The van der Waals surface area contributed by atoms with Crippen molar-refractivity contribution in [1.29, 1.82) is 0 Å². The van der Waals surface area contributed by atoms with Crippen molar-refractivity contribution < 1.29 is 23.5 Å². The molecule has 1 atom stereocenters. The van der Waals surface area contributed by atoms with Gasteiger partial charge in [0.2, 0.25) is 5.91 Å². The third-order valence-electron chi connectivity index (χ3n) is 5.61. The highest BCUT2D eigenvalue weighted by atomic mass is 35.5. The Morgan fingerprint density at radius 2 is 1.79 bits per heavy atom. The smallest absolute Gasteiger partial charge is 0.255 e. The first-order chi connectivity index (χ1) is 15.9. The van der Waals surface area contributed by atoms with Crippen molar-refractivity contribution >= 4 is 29.1 Å². The molecule has 0 aromatic heterocycles. The molecule has 1 unspecified atom stereocenters. The number of nitrogens with zero attached hydrogens (tertiary/aromatic N) is 1. The van der Waals surface area contributed by atoms with Crippen LogP contribution in [0.2, 0.25) is 5.02 Å². The molecule has 3 aromatic carbocycles. The molecule has 0 saturated carbocycles. The van der Waals surface area contributed by atoms with Crippen LogP contribution < -0.4 is 14.8 Å². The number of anilines is 1. The molecule has 170 valence electrons. The van der Waals surface area contributed by atoms with Crippen LogP contribution in [0.25, 0.3) is 0 Å². The lowest BCUT2D eigenvalue weighted by molar-refractivity contribution is -0.117. The minimum atomic E-state index is -0.592. The number of benzene rings is 3. The van der Waals surface area contributed by atoms with Gasteiger partial charge >= 0.3 is 0 Å². The first kappa shape index (κ1) is 22.6. The van der Waals surface area contributed by atoms with Crippen molar-refractivity contribution in [3.63, 3.8) is 0 Å². The zero-order valence-electron chi connectivity index (χ0n) is 18.1. The summed E-state index contributed by atoms with van der Waals surface area (Å²) in [4.78, 5) is 27.8. The van der Waals surface area contributed by atoms with Crippen LogP contribution in [0.3, 0.4) is 0 Å². The van der Waals surface area contributed by atoms with Crippen LogP contribution in [0.4, 0.5) is 10.1 Å². The van der Waals surface area contributed by atoms with E-state index in [4.69, 9.17) is 21.1 Å². The molecule has 33 heavy (non-hydrogen) atoms. The van der Waals surface area contributed by atoms with E-state index in [-0.39, 0.29) is 18.2 Å². The van der Waals surface area contributed by atoms with Crippen LogP contribution in [-0.4, -0.2) is 30.9 Å². The van der Waals surface area contributed by atoms with Crippen molar-refractivity contribution in [1.82, 2.24) is 4.90 Å². The Hall–Kier alpha value is -3.58. The number of carbonyl (C=O) groups is 2. The predicted molar refractivity (Wildman–Crippen MR) is 123 cm³/mol. The van der Waals surface area contributed by atoms with Gasteiger partial charge in [0.05, 0.1) is 37.4 Å². The zero-order chi connectivity index (χ0) is 23.5. The van der Waals surface area contributed by atoms with Crippen LogP contribution in [-0.2, 0) is 11.3 Å². The highest BCUT2D eigenvalue weighted by molar-refractivity contribution is 6.32. The van der Waals surface area contributed by atoms with E-state index in [9.17, 15) is 14.0 Å². The monoisotopic (exact) mass is 468 g/mol. The molecule has 3 aromatic rings. The molecule has 6 nitrogen and oxygen atoms in total. The third kappa shape index (κ3) is 4.64. The summed E-state index contributed by atoms with van der Waals surface area (Å²) in [6.45, 7) is 0.363. The van der Waals surface area contributed by atoms with E-state index in [1.54, 1.807) is 41.3 Å². The molecule has 4 rings (SSSR count). The van der Waals surface area contributed by atoms with Gasteiger partial charge in [-0.3, -0.25) is 9.59 Å². The van der Waals surface area contributed by atoms with Gasteiger partial charge in [-0.25, -0.2) is 4.39 Å². The standard InChI is InChI=1S/C25H22ClFN2O4/c1-32-22-13-23(33-2)20(11-19(22)26)28-24(30)12-21(15-7-9-17(27)10-8-15)29-14-16-5-3-4-6-18(16)25(29)31/h3-11,13,21H,12,14H2,1-2H3,(H,28,30). The summed E-state index contributed by atoms with van der Waals surface area (Å²) < 4.78 is 24.1. The van der Waals surface area contributed by atoms with E-state index in [0.29, 0.717) is 39.9 Å². The number of methoxy groups -OCH3 is 2. The molecule has 0 fully saturated rings. The number of nitrogens with one attached hydrogen (secondary N) is 1. The first-order valence-electron chi connectivity index (χ1n) is 10.3. The molecule has 0 radical (unpaired) electrons. The molecule has 0 saturated heterocycles. The maximum Gasteiger partial charge on any atom is 0.255 e. The van der Waals surface area contributed by atoms with Crippen molar-refractivity contribution in [3.8, 4) is 11.5 Å². The van der Waals surface area contributed by atoms with Gasteiger partial charge in [-0.2, -0.15) is 0 Å². The Labute approximate surface area is 195 Å². The number of amides is 2. The van der Waals surface area contributed by atoms with E-state index in [1.807, 2.05) is 12.1 Å². The second-order valence-electron chi connectivity index (χ2n) is 7.60. The Balaban J connectivity index is 1.61. The minimum Gasteiger partial charge on any atom is -0.495 e. The molecule has 0 spiro atoms. The largest absolute Gasteiger partial charge is 0.495 e. The van der Waals surface area contributed by atoms with Gasteiger partial charge in [0.1, 0.15) is 17.3 Å². The lowest BCUT2D eigenvalue weighted by Gasteiger charge is -2.28. The maximum atomic E-state index is 13.6. The Morgan fingerprint density at radius 1 is 1.09 bits per heavy atom. The Bertz CT molecular complexity index is 1200. The number of rotatable bonds is 7. The zero-order valence-corrected chi connectivity index (χ0v) is 18.9. The average molecular weight is 469 g/mol. The molecule has 2 amide bonds. The highest BCUT2D eigenvalue weighted by Crippen LogP contribution is 2.37. The van der Waals surface area contributed by atoms with Gasteiger partial charge < -0.3 is 19.7 Å². The van der Waals surface area contributed by atoms with Gasteiger partial charge in [-0.1, -0.05) is 41.9 Å². The van der Waals surface area contributed by atoms with Crippen LogP contribution in [0, 0.1) is 5.82 Å². The maximum absolute atomic E-state index is 13.6. The number of halogens is 2. The fraction of sp³-hybridized carbons (Fsp3) is 0.200. The molecule has 1 aliphatic rings. The summed E-state index contributed by atoms with van der Waals surface area (Å²) in [5.74, 6) is -0.121. The summed E-state index contributed by atoms with van der Waals surface area (Å²) in [6.07, 6.45) is -0.0435. The Kier molecular flexibility index (Phi) is 6.51. The topological polar surface area (TPSA) is 67.9 Å². The van der Waals surface area contributed by atoms with E-state index in [2.05, 4.69) is 5.32 Å². The lowest BCUT2D eigenvalue weighted by atomic mass is 10.0. The second-order valence-corrected chi connectivity index (χ2v) is 8.00. The first-order valence-corrected chi connectivity index (χ1v) is 10.6. The molecule has 8 heteroatoms. The number of hydrogen-bond donors (Lipinski definition) is 1. The molecular formula is C25H22ClFN2O4. The second kappa shape index (κ2) is 9.50. The Morgan fingerprint density at radius 3 is 2.45 bits per heavy atom. The minimum absolute atomic E-state index is 0.0435. The molecule has 1 aliphatic heterocycles. The average Bonchev–Trinajstić information content (AvgIpc) is 3.15. The number of fused-ring (bicyclic) bond motifs is 1. The SMILES string of the molecule is COc1cc(OC)c(NC(=O)CC(c2ccc(F)cc2)N2Cc3ccccc3C2=O)cc1Cl. The summed E-state index contributed by atoms with van der Waals surface area (Å²) in [5, 5.41) is 3.12. The van der Waals surface area contributed by atoms with Gasteiger partial charge in [0.15, 0.2) is 0 Å². The van der Waals surface area contributed by atoms with E-state index in [1.165, 1.54) is 26.4 Å². The van der Waals surface area contributed by atoms with Crippen molar-refractivity contribution in [2.24, 2.45) is 0 Å². The van der Waals surface area contributed by atoms with Crippen LogP contribution >= 0.6 is 11.6 Å². The van der Waals surface area contributed by atoms with Crippen LogP contribution in [0.1, 0.15) is 33.9 Å². The number of hydrogen-bond acceptors (Lipinski definition) is 4. The quantitative estimate of drug-likeness (QED) is 0.516. The third-order valence-corrected chi connectivity index (χ3v) is 5.90.